The molecule has 0 saturated carbocycles. The van der Waals surface area contributed by atoms with Crippen LogP contribution in [-0.2, 0) is 4.79 Å². The predicted octanol–water partition coefficient (Wildman–Crippen LogP) is 30.0. The van der Waals surface area contributed by atoms with Crippen LogP contribution in [0.5, 0.6) is 0 Å². The second-order valence-electron chi connectivity index (χ2n) is 32.6. The summed E-state index contributed by atoms with van der Waals surface area (Å²) in [7, 11) is 0. The summed E-state index contributed by atoms with van der Waals surface area (Å²) in [4.78, 5) is 21.4. The van der Waals surface area contributed by atoms with Crippen LogP contribution in [0.1, 0.15) is 444 Å². The molecule has 6 heteroatoms. The van der Waals surface area contributed by atoms with Crippen molar-refractivity contribution in [3.05, 3.63) is 82.6 Å². The zero-order chi connectivity index (χ0) is 70.2. The molecule has 0 spiro atoms. The van der Waals surface area contributed by atoms with E-state index in [1.54, 1.807) is 0 Å². The number of aliphatic hydroxyl groups is 1. The normalized spacial score (nSPS) is 15.0. The van der Waals surface area contributed by atoms with Gasteiger partial charge in [-0.3, -0.25) is 9.79 Å². The van der Waals surface area contributed by atoms with E-state index >= 15 is 4.79 Å². The first-order chi connectivity index (χ1) is 49.4. The maximum absolute atomic E-state index is 15.5. The van der Waals surface area contributed by atoms with Crippen LogP contribution in [0.2, 0.25) is 0 Å². The minimum atomic E-state index is -0.474. The highest BCUT2D eigenvalue weighted by molar-refractivity contribution is 6.52. The van der Waals surface area contributed by atoms with Gasteiger partial charge in [-0.15, -0.1) is 0 Å². The number of anilines is 3. The minimum absolute atomic E-state index is 0.0708. The van der Waals surface area contributed by atoms with Gasteiger partial charge < -0.3 is 21.1 Å². The van der Waals surface area contributed by atoms with Gasteiger partial charge in [0.05, 0.1) is 22.2 Å². The molecule has 0 aromatic heterocycles. The second-order valence-corrected chi connectivity index (χ2v) is 32.6. The number of nitrogens with zero attached hydrogens (tertiary/aromatic N) is 1. The van der Waals surface area contributed by atoms with E-state index in [1.807, 2.05) is 0 Å². The van der Waals surface area contributed by atoms with Crippen LogP contribution in [0.3, 0.4) is 0 Å². The number of benzene rings is 4. The number of unbranched alkanes of at least 4 members (excludes halogenated alkanes) is 56. The van der Waals surface area contributed by atoms with E-state index in [1.165, 1.54) is 360 Å². The molecule has 2 heterocycles. The van der Waals surface area contributed by atoms with Crippen LogP contribution in [-0.4, -0.2) is 22.2 Å². The Kier molecular flexibility index (Phi) is 42.3. The summed E-state index contributed by atoms with van der Waals surface area (Å²) in [6, 6.07) is 21.8. The van der Waals surface area contributed by atoms with E-state index in [9.17, 15) is 5.11 Å². The Morgan fingerprint density at radius 1 is 0.310 bits per heavy atom. The third kappa shape index (κ3) is 29.3. The number of carbonyl (C=O) groups is 1. The molecule has 1 aliphatic carbocycles. The van der Waals surface area contributed by atoms with Gasteiger partial charge in [-0.25, -0.2) is 0 Å². The summed E-state index contributed by atoms with van der Waals surface area (Å²) in [5.74, 6) is 0.0460. The Morgan fingerprint density at radius 3 is 0.950 bits per heavy atom. The number of ketones is 1. The van der Waals surface area contributed by atoms with E-state index in [-0.39, 0.29) is 17.2 Å². The van der Waals surface area contributed by atoms with Gasteiger partial charge in [0.15, 0.2) is 0 Å². The fourth-order valence-electron chi connectivity index (χ4n) is 17.4. The smallest absolute Gasteiger partial charge is 0.201 e. The fraction of sp³-hybridized carbons (Fsp3) is 0.745. The SMILES string of the molecule is CCCCCCCCCCCCCCCCCC1(CCCCCCCCCCCCCCCCC)N=c2c(=C3C(=O)C(c4ccc5cccc6c5c4NC(CCCCCCCCCCCCCCCCC)(CCCCCCCCCCCCCCCCC)N6)=C3O)ccc3cccc(c23)N1. The molecule has 3 aliphatic rings. The van der Waals surface area contributed by atoms with Crippen molar-refractivity contribution in [2.24, 2.45) is 4.99 Å². The monoisotopic (exact) mass is 1370 g/mol. The fourth-order valence-corrected chi connectivity index (χ4v) is 17.4. The van der Waals surface area contributed by atoms with Crippen molar-refractivity contribution in [2.75, 3.05) is 16.0 Å². The molecule has 7 rings (SSSR count). The van der Waals surface area contributed by atoms with E-state index in [4.69, 9.17) is 4.99 Å². The summed E-state index contributed by atoms with van der Waals surface area (Å²) in [5, 5.41) is 31.5. The van der Waals surface area contributed by atoms with E-state index in [0.29, 0.717) is 11.1 Å². The van der Waals surface area contributed by atoms with Crippen LogP contribution in [0.15, 0.2) is 71.4 Å². The lowest BCUT2D eigenvalue weighted by molar-refractivity contribution is -0.109. The van der Waals surface area contributed by atoms with Gasteiger partial charge in [0.1, 0.15) is 17.1 Å². The summed E-state index contributed by atoms with van der Waals surface area (Å²) < 4.78 is 0. The first kappa shape index (κ1) is 83.0. The Labute approximate surface area is 615 Å². The third-order valence-corrected chi connectivity index (χ3v) is 23.8. The summed E-state index contributed by atoms with van der Waals surface area (Å²) in [6.07, 6.45) is 85.2. The minimum Gasteiger partial charge on any atom is -0.506 e. The highest BCUT2D eigenvalue weighted by Crippen LogP contribution is 2.49. The van der Waals surface area contributed by atoms with Gasteiger partial charge in [-0.05, 0) is 74.3 Å². The maximum atomic E-state index is 15.5. The van der Waals surface area contributed by atoms with Crippen molar-refractivity contribution in [3.8, 4) is 0 Å². The Balaban J connectivity index is 1.05. The number of rotatable bonds is 65. The average molecular weight is 1370 g/mol. The lowest BCUT2D eigenvalue weighted by Crippen LogP contribution is -2.48. The number of aliphatic hydroxyl groups excluding tert-OH is 1. The van der Waals surface area contributed by atoms with Gasteiger partial charge in [-0.1, -0.05) is 436 Å². The predicted molar refractivity (Wildman–Crippen MR) is 441 cm³/mol. The highest BCUT2D eigenvalue weighted by Gasteiger charge is 2.42. The summed E-state index contributed by atoms with van der Waals surface area (Å²) >= 11 is 0. The maximum Gasteiger partial charge on any atom is 0.201 e. The van der Waals surface area contributed by atoms with E-state index < -0.39 is 5.66 Å². The molecular weight excluding hydrogens is 1220 g/mol. The summed E-state index contributed by atoms with van der Waals surface area (Å²) in [6.45, 7) is 9.24. The molecule has 100 heavy (non-hydrogen) atoms. The molecule has 0 bridgehead atoms. The van der Waals surface area contributed by atoms with Gasteiger partial charge in [0.25, 0.3) is 0 Å². The van der Waals surface area contributed by atoms with Crippen molar-refractivity contribution < 1.29 is 9.90 Å². The van der Waals surface area contributed by atoms with E-state index in [2.05, 4.69) is 104 Å². The standard InChI is InChI=1S/C94H154N4O2/c1-5-9-13-17-21-25-29-33-37-41-45-49-53-57-61-75-93(76-62-58-54-50-46-42-38-34-30-26-22-18-14-10-6-2)95-83-69-65-67-79-71-73-81(89(97-93)85(79)83)87-91(99)88(92(87)100)82-74-72-80-68-66-70-84-86(80)90(82)98-94(96-84,77-63-59-55-51-47-43-39-35-31-27-23-19-15-11-7-3)78-64-60-56-52-48-44-40-36-32-28-24-20-16-12-8-4/h65-74,95-97,99H,5-64,75-78H2,1-4H3. The number of carbonyl (C=O) groups excluding carboxylic acids is 1. The molecule has 0 saturated heterocycles. The lowest BCUT2D eigenvalue weighted by atomic mass is 9.79. The van der Waals surface area contributed by atoms with Gasteiger partial charge >= 0.3 is 0 Å². The van der Waals surface area contributed by atoms with Crippen molar-refractivity contribution >= 4 is 55.5 Å². The van der Waals surface area contributed by atoms with Gasteiger partial charge in [0.2, 0.25) is 5.78 Å². The highest BCUT2D eigenvalue weighted by atomic mass is 16.3. The average Bonchev–Trinajstić information content (AvgIpc) is 0.714. The zero-order valence-electron chi connectivity index (χ0n) is 65.8. The van der Waals surface area contributed by atoms with Crippen LogP contribution in [0.4, 0.5) is 17.1 Å². The molecule has 0 unspecified atom stereocenters. The third-order valence-electron chi connectivity index (χ3n) is 23.8. The number of Topliss-reactive ketones (excluding diaryl/α,β-unsaturated/α-hetero) is 1. The van der Waals surface area contributed by atoms with Gasteiger partial charge in [0, 0.05) is 32.9 Å². The van der Waals surface area contributed by atoms with Crippen LogP contribution >= 0.6 is 0 Å². The lowest BCUT2D eigenvalue weighted by Gasteiger charge is -2.43. The molecule has 0 atom stereocenters. The Morgan fingerprint density at radius 2 is 0.610 bits per heavy atom. The first-order valence-corrected chi connectivity index (χ1v) is 44.4. The molecule has 4 aromatic carbocycles. The Bertz CT molecular complexity index is 2920. The quantitative estimate of drug-likeness (QED) is 0.0331. The topological polar surface area (TPSA) is 85.8 Å². The van der Waals surface area contributed by atoms with Crippen LogP contribution < -0.4 is 26.5 Å². The number of nitrogens with one attached hydrogen (secondary N) is 3. The second kappa shape index (κ2) is 51.0. The van der Waals surface area contributed by atoms with E-state index in [0.717, 1.165) is 106 Å². The molecule has 0 radical (unpaired) electrons. The molecule has 4 N–H and O–H groups in total. The molecule has 4 aromatic rings. The van der Waals surface area contributed by atoms with Crippen LogP contribution in [0, 0.1) is 0 Å². The van der Waals surface area contributed by atoms with Crippen molar-refractivity contribution in [3.63, 3.8) is 0 Å². The first-order valence-electron chi connectivity index (χ1n) is 44.4. The number of hydrogen-bond donors (Lipinski definition) is 4. The molecule has 6 nitrogen and oxygen atoms in total. The summed E-state index contributed by atoms with van der Waals surface area (Å²) in [5.41, 5.74) is 4.14. The van der Waals surface area contributed by atoms with Crippen LogP contribution in [0.25, 0.3) is 32.7 Å². The van der Waals surface area contributed by atoms with Crippen molar-refractivity contribution in [1.82, 2.24) is 0 Å². The molecule has 562 valence electrons. The zero-order valence-corrected chi connectivity index (χ0v) is 65.8. The Hall–Kier alpha value is -4.32. The largest absolute Gasteiger partial charge is 0.506 e. The van der Waals surface area contributed by atoms with Crippen molar-refractivity contribution in [1.29, 1.82) is 0 Å². The van der Waals surface area contributed by atoms with Gasteiger partial charge in [-0.2, -0.15) is 0 Å². The number of hydrogen-bond acceptors (Lipinski definition) is 6. The molecule has 2 aliphatic heterocycles. The molecule has 0 amide bonds. The molecular formula is C94H154N4O2. The molecule has 0 fully saturated rings. The van der Waals surface area contributed by atoms with Crippen molar-refractivity contribution in [2.45, 2.75) is 450 Å². The number of allylic oxidation sites excluding steroid dienone is 2.